The van der Waals surface area contributed by atoms with Crippen molar-refractivity contribution < 1.29 is 80.2 Å². The molecule has 0 aliphatic carbocycles. The molecule has 0 aliphatic heterocycles. The summed E-state index contributed by atoms with van der Waals surface area (Å²) in [5.74, 6) is -1.41. The molecule has 0 heterocycles. The first-order chi connectivity index (χ1) is 47.5. The monoisotopic (exact) mass is 1430 g/mol. The maximum Gasteiger partial charge on any atom is 0.472 e. The van der Waals surface area contributed by atoms with Crippen LogP contribution in [0.4, 0.5) is 0 Å². The zero-order valence-electron chi connectivity index (χ0n) is 63.4. The average molecular weight is 1430 g/mol. The highest BCUT2D eigenvalue weighted by molar-refractivity contribution is 7.47. The fraction of sp³-hybridized carbons (Fsp3) is 0.899. The van der Waals surface area contributed by atoms with E-state index in [1.54, 1.807) is 0 Å². The van der Waals surface area contributed by atoms with Crippen LogP contribution in [0, 0.1) is 5.92 Å². The molecule has 0 fully saturated rings. The van der Waals surface area contributed by atoms with Gasteiger partial charge in [-0.3, -0.25) is 37.3 Å². The topological polar surface area (TPSA) is 237 Å². The van der Waals surface area contributed by atoms with Gasteiger partial charge in [-0.25, -0.2) is 9.13 Å². The van der Waals surface area contributed by atoms with Crippen molar-refractivity contribution in [1.29, 1.82) is 0 Å². The summed E-state index contributed by atoms with van der Waals surface area (Å²) in [6.07, 6.45) is 64.6. The summed E-state index contributed by atoms with van der Waals surface area (Å²) in [7, 11) is -9.93. The molecule has 0 amide bonds. The van der Waals surface area contributed by atoms with Gasteiger partial charge in [0.2, 0.25) is 0 Å². The van der Waals surface area contributed by atoms with Gasteiger partial charge in [0.05, 0.1) is 26.4 Å². The van der Waals surface area contributed by atoms with Gasteiger partial charge in [-0.2, -0.15) is 0 Å². The van der Waals surface area contributed by atoms with Gasteiger partial charge < -0.3 is 33.8 Å². The minimum Gasteiger partial charge on any atom is -0.462 e. The maximum absolute atomic E-state index is 13.1. The molecule has 2 unspecified atom stereocenters. The van der Waals surface area contributed by atoms with E-state index in [-0.39, 0.29) is 25.7 Å². The quantitative estimate of drug-likeness (QED) is 0.0169. The van der Waals surface area contributed by atoms with E-state index in [0.717, 1.165) is 115 Å². The number of allylic oxidation sites excluding steroid dienone is 4. The fourth-order valence-electron chi connectivity index (χ4n) is 11.7. The Morgan fingerprint density at radius 1 is 0.316 bits per heavy atom. The van der Waals surface area contributed by atoms with Gasteiger partial charge in [-0.15, -0.1) is 0 Å². The largest absolute Gasteiger partial charge is 0.472 e. The number of hydrogen-bond acceptors (Lipinski definition) is 15. The summed E-state index contributed by atoms with van der Waals surface area (Å²) in [6.45, 7) is 7.21. The highest BCUT2D eigenvalue weighted by Gasteiger charge is 2.30. The van der Waals surface area contributed by atoms with Crippen molar-refractivity contribution in [3.63, 3.8) is 0 Å². The number of esters is 4. The number of ether oxygens (including phenoxy) is 4. The van der Waals surface area contributed by atoms with Gasteiger partial charge in [0.1, 0.15) is 19.3 Å². The molecule has 98 heavy (non-hydrogen) atoms. The first-order valence-corrected chi connectivity index (χ1v) is 43.4. The molecule has 578 valence electrons. The van der Waals surface area contributed by atoms with Crippen LogP contribution in [0.3, 0.4) is 0 Å². The molecule has 0 radical (unpaired) electrons. The van der Waals surface area contributed by atoms with Gasteiger partial charge in [-0.1, -0.05) is 341 Å². The number of rotatable bonds is 77. The molecular formula is C79H150O17P2. The van der Waals surface area contributed by atoms with Crippen molar-refractivity contribution in [2.24, 2.45) is 5.92 Å². The third kappa shape index (κ3) is 71.9. The molecular weight excluding hydrogens is 1280 g/mol. The number of unbranched alkanes of at least 4 members (excludes halogenated alkanes) is 46. The van der Waals surface area contributed by atoms with E-state index in [1.807, 2.05) is 0 Å². The number of phosphoric acid groups is 2. The summed E-state index contributed by atoms with van der Waals surface area (Å²) in [5, 5.41) is 10.6. The van der Waals surface area contributed by atoms with Crippen LogP contribution in [0.1, 0.15) is 394 Å². The SMILES string of the molecule is CCCCCC/C=C\C=C/CCCCCCCC(=O)OC[C@H](COP(=O)(O)OC[C@@H](O)COP(=O)(O)OC[C@@H](COC(=O)CCCCCCCCCCC(C)C)OC(=O)CCCCCCCCCCCCCCC)OC(=O)CCCCCCCCCCCCCCCCCCCCC. The second-order valence-corrected chi connectivity index (χ2v) is 31.2. The van der Waals surface area contributed by atoms with Crippen LogP contribution in [0.25, 0.3) is 0 Å². The Morgan fingerprint density at radius 3 is 0.837 bits per heavy atom. The van der Waals surface area contributed by atoms with Crippen molar-refractivity contribution in [3.8, 4) is 0 Å². The van der Waals surface area contributed by atoms with Gasteiger partial charge in [-0.05, 0) is 57.3 Å². The highest BCUT2D eigenvalue weighted by Crippen LogP contribution is 2.45. The van der Waals surface area contributed by atoms with Crippen LogP contribution < -0.4 is 0 Å². The lowest BCUT2D eigenvalue weighted by Crippen LogP contribution is -2.30. The highest BCUT2D eigenvalue weighted by atomic mass is 31.2. The van der Waals surface area contributed by atoms with Gasteiger partial charge in [0.15, 0.2) is 12.2 Å². The molecule has 0 aromatic heterocycles. The zero-order chi connectivity index (χ0) is 71.9. The molecule has 3 N–H and O–H groups in total. The summed E-state index contributed by atoms with van der Waals surface area (Å²) in [6, 6.07) is 0. The van der Waals surface area contributed by atoms with E-state index in [9.17, 15) is 43.2 Å². The second-order valence-electron chi connectivity index (χ2n) is 28.2. The van der Waals surface area contributed by atoms with E-state index < -0.39 is 97.5 Å². The Labute approximate surface area is 599 Å². The van der Waals surface area contributed by atoms with E-state index in [4.69, 9.17) is 37.0 Å². The molecule has 0 spiro atoms. The van der Waals surface area contributed by atoms with Crippen molar-refractivity contribution >= 4 is 39.5 Å². The standard InChI is InChI=1S/C79H150O17P2/c1-6-9-12-15-18-21-24-27-29-30-31-32-34-37-40-43-50-55-60-65-79(84)95-74(68-89-76(81)62-57-52-47-41-38-36-33-28-25-22-19-16-13-10-7-2)70-93-97(85,86)91-66-73(80)67-92-98(87,88)94-71-75(69-90-77(82)63-58-53-48-45-44-46-51-56-61-72(4)5)96-78(83)64-59-54-49-42-39-35-26-23-20-17-14-11-8-3/h22,25,28,33,72-75,80H,6-21,23-24,26-27,29-32,34-71H2,1-5H3,(H,85,86)(H,87,88)/b25-22-,33-28-/t73-,74-,75-/m1/s1. The van der Waals surface area contributed by atoms with Crippen LogP contribution in [0.15, 0.2) is 24.3 Å². The lowest BCUT2D eigenvalue weighted by molar-refractivity contribution is -0.161. The molecule has 19 heteroatoms. The lowest BCUT2D eigenvalue weighted by Gasteiger charge is -2.21. The molecule has 0 bridgehead atoms. The molecule has 5 atom stereocenters. The Kier molecular flexibility index (Phi) is 69.7. The first kappa shape index (κ1) is 95.5. The summed E-state index contributed by atoms with van der Waals surface area (Å²) >= 11 is 0. The summed E-state index contributed by atoms with van der Waals surface area (Å²) < 4.78 is 68.6. The Hall–Kier alpha value is -2.46. The van der Waals surface area contributed by atoms with Gasteiger partial charge >= 0.3 is 39.5 Å². The third-order valence-electron chi connectivity index (χ3n) is 17.9. The van der Waals surface area contributed by atoms with Crippen molar-refractivity contribution in [2.45, 2.75) is 412 Å². The minimum atomic E-state index is -4.97. The lowest BCUT2D eigenvalue weighted by atomic mass is 10.0. The van der Waals surface area contributed by atoms with Crippen LogP contribution in [0.5, 0.6) is 0 Å². The van der Waals surface area contributed by atoms with Crippen molar-refractivity contribution in [2.75, 3.05) is 39.6 Å². The summed E-state index contributed by atoms with van der Waals surface area (Å²) in [4.78, 5) is 72.9. The van der Waals surface area contributed by atoms with Gasteiger partial charge in [0.25, 0.3) is 0 Å². The van der Waals surface area contributed by atoms with E-state index in [0.29, 0.717) is 25.7 Å². The molecule has 17 nitrogen and oxygen atoms in total. The maximum atomic E-state index is 13.1. The van der Waals surface area contributed by atoms with Crippen LogP contribution in [-0.2, 0) is 65.4 Å². The predicted octanol–water partition coefficient (Wildman–Crippen LogP) is 23.2. The van der Waals surface area contributed by atoms with Crippen molar-refractivity contribution in [3.05, 3.63) is 24.3 Å². The molecule has 0 aromatic carbocycles. The number of carbonyl (C=O) groups excluding carboxylic acids is 4. The number of aliphatic hydroxyl groups excluding tert-OH is 1. The minimum absolute atomic E-state index is 0.102. The predicted molar refractivity (Wildman–Crippen MR) is 400 cm³/mol. The third-order valence-corrected chi connectivity index (χ3v) is 19.8. The Morgan fingerprint density at radius 2 is 0.551 bits per heavy atom. The van der Waals surface area contributed by atoms with Crippen molar-refractivity contribution in [1.82, 2.24) is 0 Å². The van der Waals surface area contributed by atoms with E-state index in [2.05, 4.69) is 58.9 Å². The molecule has 0 aliphatic rings. The summed E-state index contributed by atoms with van der Waals surface area (Å²) in [5.41, 5.74) is 0. The molecule has 0 aromatic rings. The number of hydrogen-bond donors (Lipinski definition) is 3. The van der Waals surface area contributed by atoms with Crippen LogP contribution in [-0.4, -0.2) is 96.7 Å². The van der Waals surface area contributed by atoms with Crippen LogP contribution >= 0.6 is 15.6 Å². The Balaban J connectivity index is 5.27. The number of carbonyl (C=O) groups is 4. The number of phosphoric ester groups is 2. The molecule has 0 saturated heterocycles. The number of aliphatic hydroxyl groups is 1. The zero-order valence-corrected chi connectivity index (χ0v) is 65.2. The normalized spacial score (nSPS) is 14.1. The smallest absolute Gasteiger partial charge is 0.462 e. The fourth-order valence-corrected chi connectivity index (χ4v) is 13.3. The van der Waals surface area contributed by atoms with Gasteiger partial charge in [0, 0.05) is 25.7 Å². The van der Waals surface area contributed by atoms with E-state index in [1.165, 1.54) is 199 Å². The van der Waals surface area contributed by atoms with E-state index >= 15 is 0 Å². The second kappa shape index (κ2) is 71.5. The molecule has 0 saturated carbocycles. The first-order valence-electron chi connectivity index (χ1n) is 40.5. The van der Waals surface area contributed by atoms with Crippen LogP contribution in [0.2, 0.25) is 0 Å². The Bertz CT molecular complexity index is 1970. The molecule has 0 rings (SSSR count). The average Bonchev–Trinajstić information content (AvgIpc) is 1.03.